The summed E-state index contributed by atoms with van der Waals surface area (Å²) in [5, 5.41) is 0.401. The Morgan fingerprint density at radius 1 is 0.833 bits per heavy atom. The summed E-state index contributed by atoms with van der Waals surface area (Å²) in [7, 11) is 4.44. The first-order chi connectivity index (χ1) is 11.5. The highest BCUT2D eigenvalue weighted by molar-refractivity contribution is 6.31. The summed E-state index contributed by atoms with van der Waals surface area (Å²) < 4.78 is 15.4. The second-order valence-electron chi connectivity index (χ2n) is 4.94. The molecule has 2 aromatic carbocycles. The maximum atomic E-state index is 12.4. The van der Waals surface area contributed by atoms with Crippen molar-refractivity contribution in [2.45, 2.75) is 6.42 Å². The zero-order valence-electron chi connectivity index (χ0n) is 13.6. The van der Waals surface area contributed by atoms with Gasteiger partial charge in [0.2, 0.25) is 0 Å². The van der Waals surface area contributed by atoms with Crippen molar-refractivity contribution >= 4 is 23.2 Å². The second kappa shape index (κ2) is 7.84. The smallest absolute Gasteiger partial charge is 0.174 e. The lowest BCUT2D eigenvalue weighted by atomic mass is 10.0. The van der Waals surface area contributed by atoms with Gasteiger partial charge < -0.3 is 14.2 Å². The number of ketones is 2. The molecule has 5 nitrogen and oxygen atoms in total. The van der Waals surface area contributed by atoms with Crippen molar-refractivity contribution in [3.05, 3.63) is 52.5 Å². The molecule has 0 aromatic heterocycles. The minimum atomic E-state index is -0.367. The molecule has 0 saturated carbocycles. The Kier molecular flexibility index (Phi) is 5.82. The third kappa shape index (κ3) is 3.86. The van der Waals surface area contributed by atoms with Crippen molar-refractivity contribution in [1.82, 2.24) is 0 Å². The average Bonchev–Trinajstić information content (AvgIpc) is 2.60. The molecule has 0 atom stereocenters. The van der Waals surface area contributed by atoms with Gasteiger partial charge in [0, 0.05) is 10.6 Å². The molecule has 0 N–H and O–H groups in total. The van der Waals surface area contributed by atoms with E-state index in [1.807, 2.05) is 0 Å². The fourth-order valence-corrected chi connectivity index (χ4v) is 2.42. The molecule has 0 bridgehead atoms. The molecule has 0 unspecified atom stereocenters. The highest BCUT2D eigenvalue weighted by Gasteiger charge is 2.19. The molecular weight excluding hydrogens is 332 g/mol. The summed E-state index contributed by atoms with van der Waals surface area (Å²) in [6.07, 6.45) is -0.299. The van der Waals surface area contributed by atoms with E-state index in [0.29, 0.717) is 27.8 Å². The second-order valence-corrected chi connectivity index (χ2v) is 5.37. The lowest BCUT2D eigenvalue weighted by molar-refractivity contribution is 0.0892. The molecule has 0 heterocycles. The van der Waals surface area contributed by atoms with Crippen LogP contribution in [-0.4, -0.2) is 32.9 Å². The van der Waals surface area contributed by atoms with E-state index in [2.05, 4.69) is 0 Å². The molecule has 126 valence electrons. The first-order valence-corrected chi connectivity index (χ1v) is 7.50. The van der Waals surface area contributed by atoms with E-state index in [-0.39, 0.29) is 23.6 Å². The number of Topliss-reactive ketones (excluding diaryl/α,β-unsaturated/α-hetero) is 2. The van der Waals surface area contributed by atoms with Gasteiger partial charge in [0.15, 0.2) is 23.1 Å². The van der Waals surface area contributed by atoms with Crippen molar-refractivity contribution in [1.29, 1.82) is 0 Å². The van der Waals surface area contributed by atoms with Crippen molar-refractivity contribution in [2.24, 2.45) is 0 Å². The summed E-state index contributed by atoms with van der Waals surface area (Å²) in [4.78, 5) is 24.8. The van der Waals surface area contributed by atoms with Crippen LogP contribution in [0.25, 0.3) is 0 Å². The molecule has 2 aromatic rings. The Morgan fingerprint density at radius 3 is 2.08 bits per heavy atom. The molecule has 0 saturated heterocycles. The summed E-state index contributed by atoms with van der Waals surface area (Å²) in [6, 6.07) is 9.46. The zero-order valence-corrected chi connectivity index (χ0v) is 14.3. The van der Waals surface area contributed by atoms with Crippen LogP contribution in [-0.2, 0) is 0 Å². The third-order valence-electron chi connectivity index (χ3n) is 3.49. The minimum absolute atomic E-state index is 0.277. The number of rotatable bonds is 7. The molecule has 0 spiro atoms. The van der Waals surface area contributed by atoms with Gasteiger partial charge in [-0.3, -0.25) is 9.59 Å². The Bertz CT molecular complexity index is 770. The van der Waals surface area contributed by atoms with Gasteiger partial charge in [0.05, 0.1) is 33.3 Å². The van der Waals surface area contributed by atoms with Crippen LogP contribution >= 0.6 is 11.6 Å². The molecule has 0 amide bonds. The molecule has 0 fully saturated rings. The van der Waals surface area contributed by atoms with Crippen LogP contribution in [0.5, 0.6) is 17.2 Å². The summed E-state index contributed by atoms with van der Waals surface area (Å²) in [6.45, 7) is 0. The number of carbonyl (C=O) groups is 2. The number of halogens is 1. The van der Waals surface area contributed by atoms with E-state index in [4.69, 9.17) is 25.8 Å². The summed E-state index contributed by atoms with van der Waals surface area (Å²) in [5.41, 5.74) is 0.640. The first kappa shape index (κ1) is 17.8. The Balaban J connectivity index is 2.23. The van der Waals surface area contributed by atoms with Gasteiger partial charge in [0.25, 0.3) is 0 Å². The third-order valence-corrected chi connectivity index (χ3v) is 3.72. The van der Waals surface area contributed by atoms with E-state index in [0.717, 1.165) is 0 Å². The van der Waals surface area contributed by atoms with Crippen LogP contribution < -0.4 is 14.2 Å². The normalized spacial score (nSPS) is 10.2. The topological polar surface area (TPSA) is 61.8 Å². The Labute approximate surface area is 145 Å². The highest BCUT2D eigenvalue weighted by atomic mass is 35.5. The average molecular weight is 349 g/mol. The number of methoxy groups -OCH3 is 3. The Morgan fingerprint density at radius 2 is 1.46 bits per heavy atom. The van der Waals surface area contributed by atoms with Crippen LogP contribution in [0.1, 0.15) is 27.1 Å². The quantitative estimate of drug-likeness (QED) is 0.562. The number of ether oxygens (including phenoxy) is 3. The highest BCUT2D eigenvalue weighted by Crippen LogP contribution is 2.29. The standard InChI is InChI=1S/C18H17ClO5/c1-22-16-7-5-12(19)9-13(16)15(21)10-14(20)11-4-6-17(23-2)18(8-11)24-3/h4-9H,10H2,1-3H3. The van der Waals surface area contributed by atoms with Crippen molar-refractivity contribution < 1.29 is 23.8 Å². The van der Waals surface area contributed by atoms with Gasteiger partial charge >= 0.3 is 0 Å². The molecule has 0 radical (unpaired) electrons. The molecule has 0 aliphatic heterocycles. The van der Waals surface area contributed by atoms with Crippen LogP contribution in [0.4, 0.5) is 0 Å². The number of hydrogen-bond donors (Lipinski definition) is 0. The maximum Gasteiger partial charge on any atom is 0.174 e. The fourth-order valence-electron chi connectivity index (χ4n) is 2.25. The maximum absolute atomic E-state index is 12.4. The van der Waals surface area contributed by atoms with Crippen molar-refractivity contribution in [3.63, 3.8) is 0 Å². The molecule has 0 aliphatic rings. The molecule has 0 aliphatic carbocycles. The zero-order chi connectivity index (χ0) is 17.7. The lowest BCUT2D eigenvalue weighted by Crippen LogP contribution is -2.10. The van der Waals surface area contributed by atoms with Gasteiger partial charge in [-0.1, -0.05) is 11.6 Å². The fraction of sp³-hybridized carbons (Fsp3) is 0.222. The number of carbonyl (C=O) groups excluding carboxylic acids is 2. The van der Waals surface area contributed by atoms with Gasteiger partial charge in [-0.2, -0.15) is 0 Å². The van der Waals surface area contributed by atoms with Crippen LogP contribution in [0, 0.1) is 0 Å². The van der Waals surface area contributed by atoms with Crippen LogP contribution in [0.3, 0.4) is 0 Å². The Hall–Kier alpha value is -2.53. The van der Waals surface area contributed by atoms with Crippen LogP contribution in [0.2, 0.25) is 5.02 Å². The monoisotopic (exact) mass is 348 g/mol. The molecule has 2 rings (SSSR count). The number of benzene rings is 2. The van der Waals surface area contributed by atoms with E-state index in [1.165, 1.54) is 27.4 Å². The van der Waals surface area contributed by atoms with Gasteiger partial charge in [-0.25, -0.2) is 0 Å². The van der Waals surface area contributed by atoms with E-state index >= 15 is 0 Å². The summed E-state index contributed by atoms with van der Waals surface area (Å²) >= 11 is 5.92. The van der Waals surface area contributed by atoms with Crippen molar-refractivity contribution in [3.8, 4) is 17.2 Å². The molecular formula is C18H17ClO5. The predicted molar refractivity (Wildman–Crippen MR) is 90.8 cm³/mol. The lowest BCUT2D eigenvalue weighted by Gasteiger charge is -2.10. The SMILES string of the molecule is COc1ccc(C(=O)CC(=O)c2cc(Cl)ccc2OC)cc1OC. The summed E-state index contributed by atoms with van der Waals surface area (Å²) in [5.74, 6) is 0.620. The predicted octanol–water partition coefficient (Wildman–Crippen LogP) is 3.82. The van der Waals surface area contributed by atoms with E-state index < -0.39 is 0 Å². The first-order valence-electron chi connectivity index (χ1n) is 7.12. The van der Waals surface area contributed by atoms with Crippen LogP contribution in [0.15, 0.2) is 36.4 Å². The molecule has 24 heavy (non-hydrogen) atoms. The van der Waals surface area contributed by atoms with Gasteiger partial charge in [0.1, 0.15) is 5.75 Å². The molecule has 6 heteroatoms. The van der Waals surface area contributed by atoms with E-state index in [1.54, 1.807) is 30.3 Å². The largest absolute Gasteiger partial charge is 0.496 e. The number of hydrogen-bond acceptors (Lipinski definition) is 5. The van der Waals surface area contributed by atoms with Crippen molar-refractivity contribution in [2.75, 3.05) is 21.3 Å². The van der Waals surface area contributed by atoms with E-state index in [9.17, 15) is 9.59 Å². The van der Waals surface area contributed by atoms with Gasteiger partial charge in [-0.05, 0) is 36.4 Å². The van der Waals surface area contributed by atoms with Gasteiger partial charge in [-0.15, -0.1) is 0 Å². The minimum Gasteiger partial charge on any atom is -0.496 e.